The molecule has 0 heterocycles. The SMILES string of the molecule is C=CC(CCCC(C=C)OC(=O)OC)OC(=O)OC. The summed E-state index contributed by atoms with van der Waals surface area (Å²) < 4.78 is 18.6. The van der Waals surface area contributed by atoms with Crippen molar-refractivity contribution in [1.29, 1.82) is 0 Å². The highest BCUT2D eigenvalue weighted by molar-refractivity contribution is 5.60. The zero-order valence-corrected chi connectivity index (χ0v) is 11.3. The number of hydrogen-bond acceptors (Lipinski definition) is 6. The van der Waals surface area contributed by atoms with Gasteiger partial charge in [-0.25, -0.2) is 9.59 Å². The van der Waals surface area contributed by atoms with E-state index in [0.717, 1.165) is 0 Å². The van der Waals surface area contributed by atoms with Gasteiger partial charge in [0.1, 0.15) is 12.2 Å². The van der Waals surface area contributed by atoms with Crippen LogP contribution in [-0.4, -0.2) is 38.7 Å². The molecular formula is C13H20O6. The molecule has 6 heteroatoms. The third kappa shape index (κ3) is 7.86. The number of hydrogen-bond donors (Lipinski definition) is 0. The zero-order valence-electron chi connectivity index (χ0n) is 11.3. The van der Waals surface area contributed by atoms with Gasteiger partial charge in [0.25, 0.3) is 0 Å². The van der Waals surface area contributed by atoms with Crippen LogP contribution in [0, 0.1) is 0 Å². The molecular weight excluding hydrogens is 252 g/mol. The van der Waals surface area contributed by atoms with Crippen LogP contribution in [0.25, 0.3) is 0 Å². The average Bonchev–Trinajstić information content (AvgIpc) is 2.44. The predicted molar refractivity (Wildman–Crippen MR) is 68.8 cm³/mol. The highest BCUT2D eigenvalue weighted by atomic mass is 16.7. The van der Waals surface area contributed by atoms with E-state index in [0.29, 0.717) is 19.3 Å². The van der Waals surface area contributed by atoms with E-state index in [2.05, 4.69) is 22.6 Å². The second-order valence-corrected chi connectivity index (χ2v) is 3.62. The topological polar surface area (TPSA) is 71.1 Å². The number of methoxy groups -OCH3 is 2. The molecule has 0 aliphatic carbocycles. The van der Waals surface area contributed by atoms with Crippen LogP contribution in [-0.2, 0) is 18.9 Å². The first-order valence-corrected chi connectivity index (χ1v) is 5.81. The molecule has 108 valence electrons. The molecule has 0 aromatic rings. The lowest BCUT2D eigenvalue weighted by atomic mass is 10.1. The minimum Gasteiger partial charge on any atom is -0.438 e. The third-order valence-corrected chi connectivity index (χ3v) is 2.33. The molecule has 6 nitrogen and oxygen atoms in total. The van der Waals surface area contributed by atoms with Gasteiger partial charge in [-0.2, -0.15) is 0 Å². The first kappa shape index (κ1) is 17.0. The molecule has 0 aromatic heterocycles. The van der Waals surface area contributed by atoms with E-state index in [9.17, 15) is 9.59 Å². The molecule has 0 radical (unpaired) electrons. The smallest absolute Gasteiger partial charge is 0.438 e. The van der Waals surface area contributed by atoms with Crippen molar-refractivity contribution in [3.8, 4) is 0 Å². The van der Waals surface area contributed by atoms with Gasteiger partial charge in [0.05, 0.1) is 14.2 Å². The molecule has 0 bridgehead atoms. The molecule has 0 aromatic carbocycles. The Kier molecular flexibility index (Phi) is 8.95. The maximum atomic E-state index is 10.9. The van der Waals surface area contributed by atoms with Gasteiger partial charge in [-0.05, 0) is 19.3 Å². The number of carbonyl (C=O) groups is 2. The van der Waals surface area contributed by atoms with Crippen LogP contribution in [0.1, 0.15) is 19.3 Å². The van der Waals surface area contributed by atoms with E-state index < -0.39 is 24.5 Å². The van der Waals surface area contributed by atoms with Gasteiger partial charge >= 0.3 is 12.3 Å². The lowest BCUT2D eigenvalue weighted by molar-refractivity contribution is 0.0418. The second-order valence-electron chi connectivity index (χ2n) is 3.62. The third-order valence-electron chi connectivity index (χ3n) is 2.33. The summed E-state index contributed by atoms with van der Waals surface area (Å²) in [4.78, 5) is 21.8. The van der Waals surface area contributed by atoms with Gasteiger partial charge in [-0.1, -0.05) is 25.3 Å². The molecule has 0 aliphatic rings. The van der Waals surface area contributed by atoms with Gasteiger partial charge in [-0.15, -0.1) is 0 Å². The van der Waals surface area contributed by atoms with Crippen LogP contribution in [0.2, 0.25) is 0 Å². The Morgan fingerprint density at radius 1 is 0.947 bits per heavy atom. The highest BCUT2D eigenvalue weighted by Crippen LogP contribution is 2.12. The van der Waals surface area contributed by atoms with Gasteiger partial charge in [0, 0.05) is 0 Å². The van der Waals surface area contributed by atoms with Crippen LogP contribution in [0.4, 0.5) is 9.59 Å². The Hall–Kier alpha value is -1.98. The second kappa shape index (κ2) is 9.99. The fraction of sp³-hybridized carbons (Fsp3) is 0.538. The monoisotopic (exact) mass is 272 g/mol. The van der Waals surface area contributed by atoms with Crippen LogP contribution < -0.4 is 0 Å². The Labute approximate surface area is 113 Å². The van der Waals surface area contributed by atoms with Crippen molar-refractivity contribution in [2.75, 3.05) is 14.2 Å². The molecule has 0 saturated heterocycles. The summed E-state index contributed by atoms with van der Waals surface area (Å²) in [5.41, 5.74) is 0. The van der Waals surface area contributed by atoms with Crippen molar-refractivity contribution < 1.29 is 28.5 Å². The van der Waals surface area contributed by atoms with Crippen LogP contribution >= 0.6 is 0 Å². The van der Waals surface area contributed by atoms with E-state index >= 15 is 0 Å². The minimum atomic E-state index is -0.754. The summed E-state index contributed by atoms with van der Waals surface area (Å²) in [7, 11) is 2.47. The molecule has 2 atom stereocenters. The quantitative estimate of drug-likeness (QED) is 0.500. The van der Waals surface area contributed by atoms with Crippen molar-refractivity contribution in [1.82, 2.24) is 0 Å². The molecule has 0 aliphatic heterocycles. The van der Waals surface area contributed by atoms with E-state index in [-0.39, 0.29) is 0 Å². The van der Waals surface area contributed by atoms with Crippen molar-refractivity contribution >= 4 is 12.3 Å². The van der Waals surface area contributed by atoms with Crippen LogP contribution in [0.15, 0.2) is 25.3 Å². The molecule has 19 heavy (non-hydrogen) atoms. The van der Waals surface area contributed by atoms with E-state index in [1.165, 1.54) is 26.4 Å². The molecule has 0 fully saturated rings. The highest BCUT2D eigenvalue weighted by Gasteiger charge is 2.14. The van der Waals surface area contributed by atoms with Gasteiger partial charge in [0.2, 0.25) is 0 Å². The minimum absolute atomic E-state index is 0.434. The molecule has 0 spiro atoms. The molecule has 0 saturated carbocycles. The van der Waals surface area contributed by atoms with Crippen LogP contribution in [0.5, 0.6) is 0 Å². The summed E-state index contributed by atoms with van der Waals surface area (Å²) in [6.07, 6.45) is 2.41. The maximum absolute atomic E-state index is 10.9. The Bertz CT molecular complexity index is 282. The standard InChI is InChI=1S/C13H20O6/c1-5-10(18-12(14)16-3)8-7-9-11(6-2)19-13(15)17-4/h5-6,10-11H,1-2,7-9H2,3-4H3. The normalized spacial score (nSPS) is 12.7. The molecule has 0 amide bonds. The summed E-state index contributed by atoms with van der Waals surface area (Å²) in [6.45, 7) is 7.14. The lowest BCUT2D eigenvalue weighted by Gasteiger charge is -2.15. The molecule has 0 rings (SSSR count). The van der Waals surface area contributed by atoms with Gasteiger partial charge in [0.15, 0.2) is 0 Å². The van der Waals surface area contributed by atoms with E-state index in [4.69, 9.17) is 9.47 Å². The van der Waals surface area contributed by atoms with E-state index in [1.54, 1.807) is 0 Å². The van der Waals surface area contributed by atoms with Crippen molar-refractivity contribution in [2.24, 2.45) is 0 Å². The fourth-order valence-corrected chi connectivity index (χ4v) is 1.31. The van der Waals surface area contributed by atoms with Crippen molar-refractivity contribution in [3.63, 3.8) is 0 Å². The zero-order chi connectivity index (χ0) is 14.7. The molecule has 0 N–H and O–H groups in total. The van der Waals surface area contributed by atoms with Crippen LogP contribution in [0.3, 0.4) is 0 Å². The van der Waals surface area contributed by atoms with Gasteiger partial charge in [-0.3, -0.25) is 0 Å². The maximum Gasteiger partial charge on any atom is 0.508 e. The largest absolute Gasteiger partial charge is 0.508 e. The Morgan fingerprint density at radius 2 is 1.32 bits per heavy atom. The first-order valence-electron chi connectivity index (χ1n) is 5.81. The predicted octanol–water partition coefficient (Wildman–Crippen LogP) is 2.83. The fourth-order valence-electron chi connectivity index (χ4n) is 1.31. The Morgan fingerprint density at radius 3 is 1.58 bits per heavy atom. The summed E-state index contributed by atoms with van der Waals surface area (Å²) in [6, 6.07) is 0. The summed E-state index contributed by atoms with van der Waals surface area (Å²) in [5, 5.41) is 0. The van der Waals surface area contributed by atoms with Crippen molar-refractivity contribution in [3.05, 3.63) is 25.3 Å². The first-order chi connectivity index (χ1) is 9.07. The van der Waals surface area contributed by atoms with E-state index in [1.807, 2.05) is 0 Å². The lowest BCUT2D eigenvalue weighted by Crippen LogP contribution is -2.18. The van der Waals surface area contributed by atoms with Crippen molar-refractivity contribution in [2.45, 2.75) is 31.5 Å². The Balaban J connectivity index is 4.02. The summed E-state index contributed by atoms with van der Waals surface area (Å²) >= 11 is 0. The average molecular weight is 272 g/mol. The van der Waals surface area contributed by atoms with Gasteiger partial charge < -0.3 is 18.9 Å². The molecule has 2 unspecified atom stereocenters. The number of rotatable bonds is 8. The summed E-state index contributed by atoms with van der Waals surface area (Å²) in [5.74, 6) is 0. The number of carbonyl (C=O) groups excluding carboxylic acids is 2. The number of ether oxygens (including phenoxy) is 4.